The van der Waals surface area contributed by atoms with Gasteiger partial charge in [0.25, 0.3) is 5.91 Å². The first kappa shape index (κ1) is 32.3. The van der Waals surface area contributed by atoms with Crippen molar-refractivity contribution in [3.63, 3.8) is 0 Å². The Balaban J connectivity index is 0.00000267. The fraction of sp³-hybridized carbons (Fsp3) is 0.345. The van der Waals surface area contributed by atoms with Gasteiger partial charge in [-0.15, -0.1) is 24.2 Å². The van der Waals surface area contributed by atoms with Crippen molar-refractivity contribution in [3.8, 4) is 17.2 Å². The third kappa shape index (κ3) is 7.58. The van der Waals surface area contributed by atoms with E-state index in [1.807, 2.05) is 73.8 Å². The van der Waals surface area contributed by atoms with Gasteiger partial charge >= 0.3 is 0 Å². The number of hydrogen-bond donors (Lipinski definition) is 1. The van der Waals surface area contributed by atoms with Crippen molar-refractivity contribution >= 4 is 35.8 Å². The van der Waals surface area contributed by atoms with Crippen molar-refractivity contribution in [2.75, 3.05) is 52.9 Å². The highest BCUT2D eigenvalue weighted by atomic mass is 35.5. The number of benzene rings is 3. The van der Waals surface area contributed by atoms with Crippen LogP contribution in [0.5, 0.6) is 17.2 Å². The summed E-state index contributed by atoms with van der Waals surface area (Å²) < 4.78 is 16.0. The molecule has 3 aromatic rings. The first-order chi connectivity index (χ1) is 17.9. The summed E-state index contributed by atoms with van der Waals surface area (Å²) >= 11 is 1.52. The zero-order chi connectivity index (χ0) is 26.4. The average Bonchev–Trinajstić information content (AvgIpc) is 3.04. The molecule has 0 saturated carbocycles. The molecule has 0 aliphatic carbocycles. The maximum Gasteiger partial charge on any atom is 0.257 e. The number of hydrogen-bond acceptors (Lipinski definition) is 7. The fourth-order valence-corrected chi connectivity index (χ4v) is 5.67. The minimum absolute atomic E-state index is 0. The molecule has 1 amide bonds. The summed E-state index contributed by atoms with van der Waals surface area (Å²) in [5.74, 6) is 1.88. The maximum absolute atomic E-state index is 13.5. The zero-order valence-electron chi connectivity index (χ0n) is 22.6. The fourth-order valence-electron chi connectivity index (χ4n) is 4.40. The van der Waals surface area contributed by atoms with Crippen LogP contribution in [0.4, 0.5) is 5.69 Å². The Bertz CT molecular complexity index is 1210. The summed E-state index contributed by atoms with van der Waals surface area (Å²) in [6.45, 7) is 1.95. The summed E-state index contributed by atoms with van der Waals surface area (Å²) in [4.78, 5) is 18.4. The standard InChI is InChI=1S/C29H34N2O5S.ClH.H2O/c1-30(16-15-20-9-14-24(35-3)25(19-20)36-4)17-18-31-23-7-5-6-8-26(23)37-28(27(32)29(31)33)21-10-12-22(34-2)13-11-21;;/h5-14,19,27-28,32H,15-18H2,1-4H3;1H;1H2/t27-,28+;;/m0../s1. The van der Waals surface area contributed by atoms with Gasteiger partial charge < -0.3 is 34.6 Å². The Kier molecular flexibility index (Phi) is 12.4. The van der Waals surface area contributed by atoms with Gasteiger partial charge in [-0.1, -0.05) is 30.3 Å². The van der Waals surface area contributed by atoms with Crippen molar-refractivity contribution < 1.29 is 29.6 Å². The lowest BCUT2D eigenvalue weighted by atomic mass is 10.1. The second-order valence-corrected chi connectivity index (χ2v) is 10.1. The number of anilines is 1. The molecule has 8 nitrogen and oxygen atoms in total. The lowest BCUT2D eigenvalue weighted by molar-refractivity contribution is -0.126. The predicted molar refractivity (Wildman–Crippen MR) is 158 cm³/mol. The van der Waals surface area contributed by atoms with Crippen LogP contribution in [-0.4, -0.2) is 75.5 Å². The van der Waals surface area contributed by atoms with Crippen molar-refractivity contribution in [1.29, 1.82) is 0 Å². The van der Waals surface area contributed by atoms with E-state index < -0.39 is 11.4 Å². The molecule has 0 saturated heterocycles. The van der Waals surface area contributed by atoms with E-state index >= 15 is 0 Å². The monoisotopic (exact) mass is 576 g/mol. The van der Waals surface area contributed by atoms with Crippen LogP contribution < -0.4 is 19.1 Å². The van der Waals surface area contributed by atoms with Gasteiger partial charge in [0.1, 0.15) is 11.9 Å². The molecule has 0 radical (unpaired) electrons. The molecule has 4 rings (SSSR count). The lowest BCUT2D eigenvalue weighted by Crippen LogP contribution is -2.44. The highest BCUT2D eigenvalue weighted by molar-refractivity contribution is 7.99. The first-order valence-corrected chi connectivity index (χ1v) is 13.1. The number of halogens is 1. The summed E-state index contributed by atoms with van der Waals surface area (Å²) in [7, 11) is 6.92. The molecule has 1 aliphatic heterocycles. The summed E-state index contributed by atoms with van der Waals surface area (Å²) in [5, 5.41) is 10.8. The first-order valence-electron chi connectivity index (χ1n) is 12.2. The van der Waals surface area contributed by atoms with E-state index in [0.717, 1.165) is 40.4 Å². The van der Waals surface area contributed by atoms with E-state index in [2.05, 4.69) is 4.90 Å². The average molecular weight is 577 g/mol. The molecule has 1 heterocycles. The third-order valence-corrected chi connectivity index (χ3v) is 7.98. The van der Waals surface area contributed by atoms with Crippen LogP contribution >= 0.6 is 24.2 Å². The number of methoxy groups -OCH3 is 3. The Morgan fingerprint density at radius 1 is 0.923 bits per heavy atom. The second-order valence-electron chi connectivity index (χ2n) is 8.96. The number of nitrogens with zero attached hydrogens (tertiary/aromatic N) is 2. The van der Waals surface area contributed by atoms with Crippen LogP contribution in [0.1, 0.15) is 16.4 Å². The largest absolute Gasteiger partial charge is 0.497 e. The molecule has 0 aromatic heterocycles. The Labute approximate surface area is 240 Å². The number of ether oxygens (including phenoxy) is 3. The number of rotatable bonds is 10. The van der Waals surface area contributed by atoms with Crippen LogP contribution in [0.3, 0.4) is 0 Å². The van der Waals surface area contributed by atoms with Gasteiger partial charge in [0.2, 0.25) is 0 Å². The highest BCUT2D eigenvalue weighted by Gasteiger charge is 2.37. The van der Waals surface area contributed by atoms with Gasteiger partial charge in [0.05, 0.1) is 32.3 Å². The molecule has 0 fully saturated rings. The minimum Gasteiger partial charge on any atom is -0.497 e. The van der Waals surface area contributed by atoms with Gasteiger partial charge in [-0.25, -0.2) is 0 Å². The molecule has 39 heavy (non-hydrogen) atoms. The highest BCUT2D eigenvalue weighted by Crippen LogP contribution is 2.45. The van der Waals surface area contributed by atoms with Crippen LogP contribution in [0.2, 0.25) is 0 Å². The van der Waals surface area contributed by atoms with E-state index in [-0.39, 0.29) is 23.8 Å². The number of thioether (sulfide) groups is 1. The van der Waals surface area contributed by atoms with E-state index in [9.17, 15) is 9.90 Å². The Hall–Kier alpha value is -2.95. The molecule has 0 unspecified atom stereocenters. The SMILES string of the molecule is COc1ccc([C@H]2Sc3ccccc3N(CCN(C)CCc3ccc(OC)c(OC)c3)C(=O)[C@H]2O)cc1.Cl.O. The molecular formula is C29H37ClN2O6S. The van der Waals surface area contributed by atoms with Crippen LogP contribution in [0.15, 0.2) is 71.6 Å². The molecular weight excluding hydrogens is 540 g/mol. The molecule has 10 heteroatoms. The molecule has 3 N–H and O–H groups in total. The number of fused-ring (bicyclic) bond motifs is 1. The lowest BCUT2D eigenvalue weighted by Gasteiger charge is -2.27. The van der Waals surface area contributed by atoms with Crippen molar-refractivity contribution in [3.05, 3.63) is 77.9 Å². The predicted octanol–water partition coefficient (Wildman–Crippen LogP) is 4.02. The van der Waals surface area contributed by atoms with Crippen LogP contribution in [0, 0.1) is 0 Å². The summed E-state index contributed by atoms with van der Waals surface area (Å²) in [5.41, 5.74) is 2.87. The second kappa shape index (κ2) is 15.0. The molecule has 0 spiro atoms. The third-order valence-electron chi connectivity index (χ3n) is 6.60. The van der Waals surface area contributed by atoms with Gasteiger partial charge in [-0.05, 0) is 61.0 Å². The molecule has 0 bridgehead atoms. The molecule has 3 aromatic carbocycles. The van der Waals surface area contributed by atoms with Crippen LogP contribution in [-0.2, 0) is 11.2 Å². The summed E-state index contributed by atoms with van der Waals surface area (Å²) in [6.07, 6.45) is -0.331. The van der Waals surface area contributed by atoms with E-state index in [1.54, 1.807) is 26.2 Å². The smallest absolute Gasteiger partial charge is 0.257 e. The van der Waals surface area contributed by atoms with Gasteiger partial charge in [0, 0.05) is 24.5 Å². The van der Waals surface area contributed by atoms with Crippen molar-refractivity contribution in [2.24, 2.45) is 0 Å². The quantitative estimate of drug-likeness (QED) is 0.389. The number of aliphatic hydroxyl groups excluding tert-OH is 1. The van der Waals surface area contributed by atoms with Gasteiger partial charge in [0.15, 0.2) is 11.5 Å². The number of aliphatic hydroxyl groups is 1. The number of amides is 1. The number of para-hydroxylation sites is 1. The normalized spacial score (nSPS) is 16.5. The van der Waals surface area contributed by atoms with E-state index in [1.165, 1.54) is 11.8 Å². The topological polar surface area (TPSA) is 103 Å². The molecule has 212 valence electrons. The summed E-state index contributed by atoms with van der Waals surface area (Å²) in [6, 6.07) is 21.3. The van der Waals surface area contributed by atoms with Gasteiger partial charge in [-0.3, -0.25) is 4.79 Å². The number of carbonyl (C=O) groups excluding carboxylic acids is 1. The zero-order valence-corrected chi connectivity index (χ0v) is 24.3. The molecule has 2 atom stereocenters. The van der Waals surface area contributed by atoms with E-state index in [0.29, 0.717) is 24.6 Å². The van der Waals surface area contributed by atoms with Crippen molar-refractivity contribution in [1.82, 2.24) is 4.90 Å². The Morgan fingerprint density at radius 3 is 2.28 bits per heavy atom. The number of likely N-dealkylation sites (N-methyl/N-ethyl adjacent to an activating group) is 1. The van der Waals surface area contributed by atoms with Crippen molar-refractivity contribution in [2.45, 2.75) is 22.7 Å². The maximum atomic E-state index is 13.5. The molecule has 1 aliphatic rings. The van der Waals surface area contributed by atoms with Gasteiger partial charge in [-0.2, -0.15) is 0 Å². The van der Waals surface area contributed by atoms with Crippen LogP contribution in [0.25, 0.3) is 0 Å². The Morgan fingerprint density at radius 2 is 1.62 bits per heavy atom. The van der Waals surface area contributed by atoms with E-state index in [4.69, 9.17) is 14.2 Å². The number of carbonyl (C=O) groups is 1. The minimum atomic E-state index is -1.16.